The number of anilines is 1. The summed E-state index contributed by atoms with van der Waals surface area (Å²) in [4.78, 5) is 17.9. The van der Waals surface area contributed by atoms with Gasteiger partial charge < -0.3 is 5.32 Å². The first-order valence-corrected chi connectivity index (χ1v) is 4.44. The van der Waals surface area contributed by atoms with Crippen LogP contribution in [0.4, 0.5) is 5.95 Å². The number of aromatic amines is 1. The maximum atomic E-state index is 11.2. The van der Waals surface area contributed by atoms with Crippen molar-refractivity contribution in [1.29, 1.82) is 0 Å². The largest absolute Gasteiger partial charge is 0.359 e. The molecule has 0 aliphatic rings. The molecule has 1 rings (SSSR count). The molecule has 12 heavy (non-hydrogen) atoms. The highest BCUT2D eigenvalue weighted by atomic mass is 79.9. The lowest BCUT2D eigenvalue weighted by atomic mass is 10.3. The molecule has 0 spiro atoms. The molecule has 0 radical (unpaired) electrons. The lowest BCUT2D eigenvalue weighted by molar-refractivity contribution is 0.965. The summed E-state index contributed by atoms with van der Waals surface area (Å²) in [5.41, 5.74) is 0.620. The van der Waals surface area contributed by atoms with Gasteiger partial charge in [0.1, 0.15) is 4.47 Å². The maximum absolute atomic E-state index is 11.2. The Labute approximate surface area is 78.5 Å². The van der Waals surface area contributed by atoms with Gasteiger partial charge >= 0.3 is 0 Å². The fourth-order valence-electron chi connectivity index (χ4n) is 0.858. The molecule has 1 aromatic heterocycles. The number of hydrogen-bond donors (Lipinski definition) is 2. The molecular weight excluding hydrogens is 222 g/mol. The van der Waals surface area contributed by atoms with Crippen molar-refractivity contribution < 1.29 is 0 Å². The fourth-order valence-corrected chi connectivity index (χ4v) is 1.33. The van der Waals surface area contributed by atoms with E-state index >= 15 is 0 Å². The summed E-state index contributed by atoms with van der Waals surface area (Å²) in [5, 5.41) is 2.78. The van der Waals surface area contributed by atoms with Gasteiger partial charge in [-0.3, -0.25) is 9.78 Å². The van der Waals surface area contributed by atoms with Crippen LogP contribution in [0.25, 0.3) is 0 Å². The molecule has 0 unspecified atom stereocenters. The van der Waals surface area contributed by atoms with Gasteiger partial charge in [-0.25, -0.2) is 4.98 Å². The van der Waals surface area contributed by atoms with Gasteiger partial charge in [-0.05, 0) is 22.4 Å². The van der Waals surface area contributed by atoms with Crippen molar-refractivity contribution in [2.45, 2.75) is 13.3 Å². The van der Waals surface area contributed by atoms with Gasteiger partial charge in [0.2, 0.25) is 5.95 Å². The SMILES string of the molecule is CCc1nc(NC)[nH]c(=O)c1Br. The van der Waals surface area contributed by atoms with E-state index in [0.717, 1.165) is 12.1 Å². The number of H-pyrrole nitrogens is 1. The van der Waals surface area contributed by atoms with Gasteiger partial charge in [-0.15, -0.1) is 0 Å². The van der Waals surface area contributed by atoms with E-state index in [1.807, 2.05) is 6.92 Å². The van der Waals surface area contributed by atoms with Crippen LogP contribution in [0.2, 0.25) is 0 Å². The number of aryl methyl sites for hydroxylation is 1. The highest BCUT2D eigenvalue weighted by Crippen LogP contribution is 2.10. The molecule has 5 heteroatoms. The summed E-state index contributed by atoms with van der Waals surface area (Å²) in [7, 11) is 1.71. The fraction of sp³-hybridized carbons (Fsp3) is 0.429. The van der Waals surface area contributed by atoms with Gasteiger partial charge in [0.25, 0.3) is 5.56 Å². The molecule has 4 nitrogen and oxygen atoms in total. The summed E-state index contributed by atoms with van der Waals surface area (Å²) in [6, 6.07) is 0. The number of hydrogen-bond acceptors (Lipinski definition) is 3. The molecule has 0 saturated heterocycles. The van der Waals surface area contributed by atoms with E-state index in [0.29, 0.717) is 10.4 Å². The maximum Gasteiger partial charge on any atom is 0.266 e. The number of rotatable bonds is 2. The van der Waals surface area contributed by atoms with E-state index in [1.165, 1.54) is 0 Å². The molecule has 2 N–H and O–H groups in total. The summed E-state index contributed by atoms with van der Waals surface area (Å²) in [6.45, 7) is 1.95. The second-order valence-corrected chi connectivity index (χ2v) is 3.07. The van der Waals surface area contributed by atoms with E-state index in [2.05, 4.69) is 31.2 Å². The van der Waals surface area contributed by atoms with Gasteiger partial charge in [0.15, 0.2) is 0 Å². The highest BCUT2D eigenvalue weighted by Gasteiger charge is 2.05. The van der Waals surface area contributed by atoms with Crippen molar-refractivity contribution in [3.05, 3.63) is 20.5 Å². The number of halogens is 1. The Morgan fingerprint density at radius 2 is 2.33 bits per heavy atom. The van der Waals surface area contributed by atoms with Crippen LogP contribution in [0.15, 0.2) is 9.27 Å². The van der Waals surface area contributed by atoms with Crippen molar-refractivity contribution in [3.63, 3.8) is 0 Å². The van der Waals surface area contributed by atoms with Crippen LogP contribution < -0.4 is 10.9 Å². The molecule has 1 aromatic rings. The second-order valence-electron chi connectivity index (χ2n) is 2.28. The average molecular weight is 232 g/mol. The van der Waals surface area contributed by atoms with Crippen LogP contribution in [0.1, 0.15) is 12.6 Å². The summed E-state index contributed by atoms with van der Waals surface area (Å²) >= 11 is 3.17. The van der Waals surface area contributed by atoms with Crippen LogP contribution in [0.3, 0.4) is 0 Å². The van der Waals surface area contributed by atoms with Crippen molar-refractivity contribution in [2.75, 3.05) is 12.4 Å². The highest BCUT2D eigenvalue weighted by molar-refractivity contribution is 9.10. The van der Waals surface area contributed by atoms with Crippen molar-refractivity contribution in [3.8, 4) is 0 Å². The van der Waals surface area contributed by atoms with Crippen LogP contribution in [0, 0.1) is 0 Å². The number of nitrogens with one attached hydrogen (secondary N) is 2. The lowest BCUT2D eigenvalue weighted by Crippen LogP contribution is -2.14. The standard InChI is InChI=1S/C7H10BrN3O/c1-3-4-5(8)6(12)11-7(9-2)10-4/h3H2,1-2H3,(H2,9,10,11,12). The second kappa shape index (κ2) is 3.71. The molecule has 0 atom stereocenters. The topological polar surface area (TPSA) is 57.8 Å². The monoisotopic (exact) mass is 231 g/mol. The minimum Gasteiger partial charge on any atom is -0.359 e. The van der Waals surface area contributed by atoms with Crippen molar-refractivity contribution >= 4 is 21.9 Å². The minimum absolute atomic E-state index is 0.147. The zero-order valence-corrected chi connectivity index (χ0v) is 8.53. The van der Waals surface area contributed by atoms with Crippen molar-refractivity contribution in [1.82, 2.24) is 9.97 Å². The molecule has 0 amide bonds. The molecule has 1 heterocycles. The van der Waals surface area contributed by atoms with Gasteiger partial charge in [0.05, 0.1) is 5.69 Å². The quantitative estimate of drug-likeness (QED) is 0.803. The minimum atomic E-state index is -0.147. The lowest BCUT2D eigenvalue weighted by Gasteiger charge is -2.02. The predicted octanol–water partition coefficient (Wildman–Crippen LogP) is 1.14. The van der Waals surface area contributed by atoms with E-state index in [4.69, 9.17) is 0 Å². The van der Waals surface area contributed by atoms with Crippen LogP contribution in [-0.2, 0) is 6.42 Å². The Balaban J connectivity index is 3.29. The first kappa shape index (κ1) is 9.25. The first-order valence-electron chi connectivity index (χ1n) is 3.65. The molecule has 0 aromatic carbocycles. The van der Waals surface area contributed by atoms with Crippen LogP contribution >= 0.6 is 15.9 Å². The average Bonchev–Trinajstić information content (AvgIpc) is 2.09. The Hall–Kier alpha value is -0.840. The van der Waals surface area contributed by atoms with Gasteiger partial charge in [0, 0.05) is 7.05 Å². The summed E-state index contributed by atoms with van der Waals surface area (Å²) in [5.74, 6) is 0.500. The molecule has 0 fully saturated rings. The molecule has 0 aliphatic heterocycles. The smallest absolute Gasteiger partial charge is 0.266 e. The number of nitrogens with zero attached hydrogens (tertiary/aromatic N) is 1. The summed E-state index contributed by atoms with van der Waals surface area (Å²) in [6.07, 6.45) is 0.735. The zero-order valence-electron chi connectivity index (χ0n) is 6.94. The van der Waals surface area contributed by atoms with E-state index in [1.54, 1.807) is 7.05 Å². The molecule has 0 saturated carbocycles. The van der Waals surface area contributed by atoms with Gasteiger partial charge in [-0.2, -0.15) is 0 Å². The van der Waals surface area contributed by atoms with Crippen LogP contribution in [0.5, 0.6) is 0 Å². The Bertz CT molecular complexity index is 334. The normalized spacial score (nSPS) is 9.92. The molecular formula is C7H10BrN3O. The molecule has 0 bridgehead atoms. The third-order valence-corrected chi connectivity index (χ3v) is 2.32. The van der Waals surface area contributed by atoms with Crippen molar-refractivity contribution in [2.24, 2.45) is 0 Å². The van der Waals surface area contributed by atoms with Gasteiger partial charge in [-0.1, -0.05) is 6.92 Å². The van der Waals surface area contributed by atoms with E-state index < -0.39 is 0 Å². The van der Waals surface area contributed by atoms with E-state index in [-0.39, 0.29) is 5.56 Å². The number of aromatic nitrogens is 2. The Kier molecular flexibility index (Phi) is 2.86. The van der Waals surface area contributed by atoms with Crippen LogP contribution in [-0.4, -0.2) is 17.0 Å². The van der Waals surface area contributed by atoms with E-state index in [9.17, 15) is 4.79 Å². The first-order chi connectivity index (χ1) is 5.69. The Morgan fingerprint density at radius 1 is 1.67 bits per heavy atom. The third kappa shape index (κ3) is 1.66. The summed E-state index contributed by atoms with van der Waals surface area (Å²) < 4.78 is 0.518. The molecule has 66 valence electrons. The third-order valence-electron chi connectivity index (χ3n) is 1.50. The Morgan fingerprint density at radius 3 is 2.83 bits per heavy atom. The zero-order chi connectivity index (χ0) is 9.14. The molecule has 0 aliphatic carbocycles. The predicted molar refractivity (Wildman–Crippen MR) is 51.5 cm³/mol.